The van der Waals surface area contributed by atoms with Crippen molar-refractivity contribution in [1.82, 2.24) is 74.0 Å². The molecular formula is C67H109N19O21. The first-order valence-corrected chi connectivity index (χ1v) is 35.2. The Hall–Kier alpha value is -10.5. The van der Waals surface area contributed by atoms with Gasteiger partial charge in [0.1, 0.15) is 78.5 Å². The number of amides is 17. The third-order valence-corrected chi connectivity index (χ3v) is 17.1. The van der Waals surface area contributed by atoms with E-state index in [2.05, 4.69) is 63.8 Å². The molecular weight excluding hydrogens is 1410 g/mol. The molecule has 0 aromatic heterocycles. The minimum absolute atomic E-state index is 0.0222. The van der Waals surface area contributed by atoms with Gasteiger partial charge in [0.2, 0.25) is 100 Å². The number of carbonyl (C=O) groups excluding carboxylic acids is 17. The molecule has 0 unspecified atom stereocenters. The largest absolute Gasteiger partial charge is 0.480 e. The summed E-state index contributed by atoms with van der Waals surface area (Å²) in [5.41, 5.74) is 28.3. The number of unbranched alkanes of at least 4 members (excludes halogenated alkanes) is 1. The summed E-state index contributed by atoms with van der Waals surface area (Å²) in [7, 11) is 0. The summed E-state index contributed by atoms with van der Waals surface area (Å²) in [6.45, 7) is 11.0. The standard InChI is InChI=1S/C67H109N19O21/c1-10-34(6)53(85-54(93)35(7)69)65(104)77-39(19-14-15-23-68)58(97)79-41(25-32(2)3)62(101)84-52(33(4)5)64(103)78-40(21-22-48(70)89)59(98)82-45(30-87)66(105)86-24-16-20-47(86)63(102)81-43(27-49(71)90)57(96)73-29-51(92)76-44(28-50(72)91)61(100)80-42(26-38-17-12-11-13-18-38)60(99)75-36(8)55(94)74-37(9)56(95)83-46(31-88)67(106)107/h11-13,17-18,32-37,39-47,52-53,87-88H,10,14-16,19-31,68-69H2,1-9H3,(H2,70,89)(H2,71,90)(H2,72,91)(H,73,96)(H,74,94)(H,75,99)(H,76,92)(H,77,104)(H,78,103)(H,79,97)(H,80,100)(H,81,102)(H,82,98)(H,83,95)(H,84,101)(H,85,93)(H,106,107)/t34-,35-,36-,37-,39-,40-,41-,42-,43-,44-,45-,46-,47-,52-,53-/m0/s1. The van der Waals surface area contributed by atoms with E-state index in [1.54, 1.807) is 71.9 Å². The van der Waals surface area contributed by atoms with E-state index in [0.29, 0.717) is 24.8 Å². The second-order valence-electron chi connectivity index (χ2n) is 27.0. The van der Waals surface area contributed by atoms with Crippen molar-refractivity contribution >= 4 is 106 Å². The van der Waals surface area contributed by atoms with Gasteiger partial charge < -0.3 is 118 Å². The first-order valence-electron chi connectivity index (χ1n) is 35.2. The first-order chi connectivity index (χ1) is 50.2. The number of nitrogens with zero attached hydrogens (tertiary/aromatic N) is 1. The highest BCUT2D eigenvalue weighted by molar-refractivity contribution is 6.01. The molecule has 1 saturated heterocycles. The number of carbonyl (C=O) groups is 18. The number of likely N-dealkylation sites (tertiary alicyclic amines) is 1. The predicted molar refractivity (Wildman–Crippen MR) is 381 cm³/mol. The van der Waals surface area contributed by atoms with Crippen LogP contribution in [0.4, 0.5) is 0 Å². The van der Waals surface area contributed by atoms with Crippen molar-refractivity contribution in [1.29, 1.82) is 0 Å². The van der Waals surface area contributed by atoms with Crippen LogP contribution in [0.1, 0.15) is 139 Å². The molecule has 0 spiro atoms. The molecule has 26 N–H and O–H groups in total. The van der Waals surface area contributed by atoms with E-state index in [-0.39, 0.29) is 51.1 Å². The van der Waals surface area contributed by atoms with Crippen LogP contribution in [-0.2, 0) is 92.7 Å². The van der Waals surface area contributed by atoms with Crippen LogP contribution in [0.2, 0.25) is 0 Å². The average molecular weight is 1520 g/mol. The lowest BCUT2D eigenvalue weighted by atomic mass is 9.96. The van der Waals surface area contributed by atoms with Crippen molar-refractivity contribution in [2.24, 2.45) is 46.4 Å². The van der Waals surface area contributed by atoms with Gasteiger partial charge in [0.05, 0.1) is 38.6 Å². The molecule has 17 amide bonds. The molecule has 107 heavy (non-hydrogen) atoms. The van der Waals surface area contributed by atoms with Gasteiger partial charge >= 0.3 is 5.97 Å². The number of aliphatic carboxylic acids is 1. The molecule has 1 fully saturated rings. The van der Waals surface area contributed by atoms with E-state index in [9.17, 15) is 96.5 Å². The minimum Gasteiger partial charge on any atom is -0.480 e. The second-order valence-corrected chi connectivity index (χ2v) is 27.0. The molecule has 598 valence electrons. The maximum Gasteiger partial charge on any atom is 0.328 e. The van der Waals surface area contributed by atoms with Crippen molar-refractivity contribution in [3.05, 3.63) is 35.9 Å². The Labute approximate surface area is 619 Å². The lowest BCUT2D eigenvalue weighted by Crippen LogP contribution is -2.61. The van der Waals surface area contributed by atoms with Crippen molar-refractivity contribution < 1.29 is 102 Å². The summed E-state index contributed by atoms with van der Waals surface area (Å²) in [6, 6.07) is -12.7. The van der Waals surface area contributed by atoms with E-state index in [1.165, 1.54) is 20.8 Å². The highest BCUT2D eigenvalue weighted by Crippen LogP contribution is 2.20. The lowest BCUT2D eigenvalue weighted by Gasteiger charge is -2.31. The number of hydrogen-bond acceptors (Lipinski definition) is 22. The van der Waals surface area contributed by atoms with Crippen LogP contribution >= 0.6 is 0 Å². The fourth-order valence-electron chi connectivity index (χ4n) is 10.8. The van der Waals surface area contributed by atoms with Gasteiger partial charge in [-0.1, -0.05) is 78.3 Å². The lowest BCUT2D eigenvalue weighted by molar-refractivity contribution is -0.143. The van der Waals surface area contributed by atoms with Crippen molar-refractivity contribution in [2.75, 3.05) is 32.8 Å². The quantitative estimate of drug-likeness (QED) is 0.0269. The molecule has 0 saturated carbocycles. The van der Waals surface area contributed by atoms with E-state index in [0.717, 1.165) is 4.90 Å². The highest BCUT2D eigenvalue weighted by atomic mass is 16.4. The summed E-state index contributed by atoms with van der Waals surface area (Å²) in [5, 5.41) is 60.2. The minimum atomic E-state index is -1.85. The van der Waals surface area contributed by atoms with Crippen LogP contribution in [0.25, 0.3) is 0 Å². The van der Waals surface area contributed by atoms with Crippen molar-refractivity contribution in [3.63, 3.8) is 0 Å². The van der Waals surface area contributed by atoms with E-state index < -0.39 is 248 Å². The Morgan fingerprint density at radius 1 is 0.505 bits per heavy atom. The van der Waals surface area contributed by atoms with Gasteiger partial charge in [-0.2, -0.15) is 0 Å². The number of aliphatic hydroxyl groups is 2. The van der Waals surface area contributed by atoms with Gasteiger partial charge in [0, 0.05) is 19.4 Å². The molecule has 1 aliphatic rings. The number of aliphatic hydroxyl groups excluding tert-OH is 2. The number of hydrogen-bond donors (Lipinski definition) is 21. The van der Waals surface area contributed by atoms with Crippen LogP contribution < -0.4 is 97.8 Å². The van der Waals surface area contributed by atoms with E-state index in [4.69, 9.17) is 33.8 Å². The third kappa shape index (κ3) is 32.4. The molecule has 40 heteroatoms. The molecule has 0 aliphatic carbocycles. The molecule has 1 aromatic carbocycles. The third-order valence-electron chi connectivity index (χ3n) is 17.1. The molecule has 0 bridgehead atoms. The Morgan fingerprint density at radius 2 is 0.981 bits per heavy atom. The highest BCUT2D eigenvalue weighted by Gasteiger charge is 2.42. The molecule has 1 aromatic rings. The van der Waals surface area contributed by atoms with Gasteiger partial charge in [-0.25, -0.2) is 4.79 Å². The number of carboxylic acids is 1. The van der Waals surface area contributed by atoms with Crippen LogP contribution in [0.15, 0.2) is 30.3 Å². The number of nitrogens with two attached hydrogens (primary N) is 5. The number of nitrogens with one attached hydrogen (secondary N) is 13. The molecule has 2 rings (SSSR count). The fraction of sp³-hybridized carbons (Fsp3) is 0.642. The zero-order valence-corrected chi connectivity index (χ0v) is 61.7. The van der Waals surface area contributed by atoms with Gasteiger partial charge in [-0.3, -0.25) is 81.5 Å². The predicted octanol–water partition coefficient (Wildman–Crippen LogP) is -8.50. The molecule has 40 nitrogen and oxygen atoms in total. The SMILES string of the molecule is CC[C@H](C)[C@H](NC(=O)[C@H](C)N)C(=O)N[C@@H](CCCCN)C(=O)N[C@@H](CC(C)C)C(=O)N[C@H](C(=O)N[C@@H](CCC(N)=O)C(=O)N[C@@H](CO)C(=O)N1CCC[C@H]1C(=O)N[C@@H](CC(N)=O)C(=O)NCC(=O)N[C@@H](CC(N)=O)C(=O)N[C@@H](Cc1ccccc1)C(=O)N[C@@H](C)C(=O)N[C@@H](C)C(=O)N[C@@H](CO)C(=O)O)C(C)C. The topological polar surface area (TPSA) is 658 Å². The Bertz CT molecular complexity index is 3290. The normalized spacial score (nSPS) is 16.5. The fourth-order valence-corrected chi connectivity index (χ4v) is 10.8. The molecule has 1 aliphatic heterocycles. The summed E-state index contributed by atoms with van der Waals surface area (Å²) in [5.74, 6) is -19.7. The maximum atomic E-state index is 14.3. The Balaban J connectivity index is 2.32. The number of primary amides is 3. The van der Waals surface area contributed by atoms with E-state index >= 15 is 0 Å². The number of benzene rings is 1. The summed E-state index contributed by atoms with van der Waals surface area (Å²) in [6.07, 6.45) is -1.58. The summed E-state index contributed by atoms with van der Waals surface area (Å²) >= 11 is 0. The average Bonchev–Trinajstić information content (AvgIpc) is 1.71. The monoisotopic (exact) mass is 1520 g/mol. The van der Waals surface area contributed by atoms with E-state index in [1.807, 2.05) is 5.32 Å². The van der Waals surface area contributed by atoms with Gasteiger partial charge in [-0.15, -0.1) is 0 Å². The molecule has 0 radical (unpaired) electrons. The number of carboxylic acid groups (broad SMARTS) is 1. The summed E-state index contributed by atoms with van der Waals surface area (Å²) < 4.78 is 0. The maximum absolute atomic E-state index is 14.3. The number of rotatable bonds is 48. The Kier molecular flexibility index (Phi) is 40.2. The van der Waals surface area contributed by atoms with Crippen LogP contribution in [0.3, 0.4) is 0 Å². The van der Waals surface area contributed by atoms with Crippen molar-refractivity contribution in [2.45, 2.75) is 224 Å². The zero-order valence-electron chi connectivity index (χ0n) is 61.7. The zero-order chi connectivity index (χ0) is 81.1. The van der Waals surface area contributed by atoms with Crippen molar-refractivity contribution in [3.8, 4) is 0 Å². The molecule has 1 heterocycles. The summed E-state index contributed by atoms with van der Waals surface area (Å²) in [4.78, 5) is 241. The molecule has 15 atom stereocenters. The van der Waals surface area contributed by atoms with Crippen LogP contribution in [-0.4, -0.2) is 244 Å². The second kappa shape index (κ2) is 46.5. The van der Waals surface area contributed by atoms with Gasteiger partial charge in [0.15, 0.2) is 0 Å². The van der Waals surface area contributed by atoms with Gasteiger partial charge in [0.25, 0.3) is 0 Å². The van der Waals surface area contributed by atoms with Crippen LogP contribution in [0, 0.1) is 17.8 Å². The van der Waals surface area contributed by atoms with Crippen LogP contribution in [0.5, 0.6) is 0 Å². The smallest absolute Gasteiger partial charge is 0.328 e. The Morgan fingerprint density at radius 3 is 1.50 bits per heavy atom. The first kappa shape index (κ1) is 92.6. The van der Waals surface area contributed by atoms with Gasteiger partial charge in [-0.05, 0) is 95.6 Å².